The Labute approximate surface area is 66.1 Å². The van der Waals surface area contributed by atoms with Crippen molar-refractivity contribution in [3.63, 3.8) is 0 Å². The molecule has 0 bridgehead atoms. The second-order valence-corrected chi connectivity index (χ2v) is 2.09. The highest BCUT2D eigenvalue weighted by Gasteiger charge is 2.07. The molecule has 0 aliphatic carbocycles. The number of carbonyl (C=O) groups excluding carboxylic acids is 1. The van der Waals surface area contributed by atoms with E-state index in [0.717, 1.165) is 0 Å². The van der Waals surface area contributed by atoms with Gasteiger partial charge >= 0.3 is 0 Å². The number of amides is 1. The van der Waals surface area contributed by atoms with Crippen LogP contribution in [0.3, 0.4) is 0 Å². The molecule has 4 heteroatoms. The topological polar surface area (TPSA) is 62.1 Å². The van der Waals surface area contributed by atoms with E-state index in [1.807, 2.05) is 13.0 Å². The zero-order valence-electron chi connectivity index (χ0n) is 6.76. The molecular formula is C7H12N2O2. The van der Waals surface area contributed by atoms with Crippen molar-refractivity contribution in [2.24, 2.45) is 0 Å². The molecule has 0 radical (unpaired) electrons. The Bertz CT molecular complexity index is 162. The predicted octanol–water partition coefficient (Wildman–Crippen LogP) is 0.0512. The van der Waals surface area contributed by atoms with Gasteiger partial charge in [-0.25, -0.2) is 0 Å². The maximum atomic E-state index is 10.8. The molecule has 0 aromatic heterocycles. The first kappa shape index (κ1) is 9.92. The van der Waals surface area contributed by atoms with Crippen molar-refractivity contribution in [1.29, 1.82) is 5.26 Å². The van der Waals surface area contributed by atoms with Crippen LogP contribution in [0.2, 0.25) is 0 Å². The number of methoxy groups -OCH3 is 1. The smallest absolute Gasteiger partial charge is 0.247 e. The van der Waals surface area contributed by atoms with Gasteiger partial charge in [0.2, 0.25) is 5.91 Å². The lowest BCUT2D eigenvalue weighted by Gasteiger charge is -2.07. The number of carbonyl (C=O) groups is 1. The lowest BCUT2D eigenvalue weighted by Crippen LogP contribution is -2.35. The predicted molar refractivity (Wildman–Crippen MR) is 39.7 cm³/mol. The molecule has 0 saturated heterocycles. The van der Waals surface area contributed by atoms with Gasteiger partial charge in [-0.05, 0) is 6.42 Å². The SMILES string of the molecule is CCC(C#N)NC(=O)COC. The number of nitrogens with one attached hydrogen (secondary N) is 1. The molecule has 4 nitrogen and oxygen atoms in total. The van der Waals surface area contributed by atoms with Crippen LogP contribution < -0.4 is 5.32 Å². The Morgan fingerprint density at radius 2 is 2.45 bits per heavy atom. The van der Waals surface area contributed by atoms with Crippen LogP contribution in [-0.2, 0) is 9.53 Å². The van der Waals surface area contributed by atoms with Crippen LogP contribution in [0.5, 0.6) is 0 Å². The Balaban J connectivity index is 3.65. The van der Waals surface area contributed by atoms with Crippen molar-refractivity contribution in [2.45, 2.75) is 19.4 Å². The Morgan fingerprint density at radius 1 is 1.82 bits per heavy atom. The highest BCUT2D eigenvalue weighted by Crippen LogP contribution is 1.86. The maximum absolute atomic E-state index is 10.8. The summed E-state index contributed by atoms with van der Waals surface area (Å²) in [4.78, 5) is 10.8. The van der Waals surface area contributed by atoms with Gasteiger partial charge in [-0.3, -0.25) is 4.79 Å². The van der Waals surface area contributed by atoms with Gasteiger partial charge in [-0.2, -0.15) is 5.26 Å². The highest BCUT2D eigenvalue weighted by atomic mass is 16.5. The van der Waals surface area contributed by atoms with Gasteiger partial charge in [-0.15, -0.1) is 0 Å². The van der Waals surface area contributed by atoms with Crippen molar-refractivity contribution in [1.82, 2.24) is 5.32 Å². The van der Waals surface area contributed by atoms with Gasteiger partial charge in [0, 0.05) is 7.11 Å². The van der Waals surface area contributed by atoms with E-state index < -0.39 is 6.04 Å². The third-order valence-electron chi connectivity index (χ3n) is 1.17. The van der Waals surface area contributed by atoms with Gasteiger partial charge < -0.3 is 10.1 Å². The van der Waals surface area contributed by atoms with Crippen LogP contribution in [0.4, 0.5) is 0 Å². The molecule has 1 N–H and O–H groups in total. The minimum Gasteiger partial charge on any atom is -0.375 e. The highest BCUT2D eigenvalue weighted by molar-refractivity contribution is 5.77. The van der Waals surface area contributed by atoms with E-state index in [2.05, 4.69) is 10.1 Å². The lowest BCUT2D eigenvalue weighted by molar-refractivity contribution is -0.125. The summed E-state index contributed by atoms with van der Waals surface area (Å²) in [6.07, 6.45) is 0.617. The number of ether oxygens (including phenoxy) is 1. The van der Waals surface area contributed by atoms with Crippen molar-refractivity contribution >= 4 is 5.91 Å². The molecule has 0 aromatic rings. The van der Waals surface area contributed by atoms with Gasteiger partial charge in [0.25, 0.3) is 0 Å². The van der Waals surface area contributed by atoms with Gasteiger partial charge in [0.05, 0.1) is 6.07 Å². The van der Waals surface area contributed by atoms with Crippen LogP contribution in [0.15, 0.2) is 0 Å². The van der Waals surface area contributed by atoms with E-state index in [1.54, 1.807) is 0 Å². The summed E-state index contributed by atoms with van der Waals surface area (Å²) in [6, 6.07) is 1.56. The molecule has 1 atom stereocenters. The van der Waals surface area contributed by atoms with Gasteiger partial charge in [-0.1, -0.05) is 6.92 Å². The average Bonchev–Trinajstić information content (AvgIpc) is 2.01. The van der Waals surface area contributed by atoms with E-state index in [1.165, 1.54) is 7.11 Å². The van der Waals surface area contributed by atoms with Crippen LogP contribution in [0.1, 0.15) is 13.3 Å². The monoisotopic (exact) mass is 156 g/mol. The number of nitrogens with zero attached hydrogens (tertiary/aromatic N) is 1. The molecule has 0 saturated carbocycles. The third-order valence-corrected chi connectivity index (χ3v) is 1.17. The summed E-state index contributed by atoms with van der Waals surface area (Å²) < 4.78 is 4.57. The number of rotatable bonds is 4. The normalized spacial score (nSPS) is 11.7. The quantitative estimate of drug-likeness (QED) is 0.625. The molecule has 11 heavy (non-hydrogen) atoms. The second-order valence-electron chi connectivity index (χ2n) is 2.09. The lowest BCUT2D eigenvalue weighted by atomic mass is 10.2. The van der Waals surface area contributed by atoms with Crippen LogP contribution >= 0.6 is 0 Å². The largest absolute Gasteiger partial charge is 0.375 e. The van der Waals surface area contributed by atoms with Crippen molar-refractivity contribution in [2.75, 3.05) is 13.7 Å². The standard InChI is InChI=1S/C7H12N2O2/c1-3-6(4-8)9-7(10)5-11-2/h6H,3,5H2,1-2H3,(H,9,10). The average molecular weight is 156 g/mol. The fourth-order valence-electron chi connectivity index (χ4n) is 0.593. The zero-order valence-corrected chi connectivity index (χ0v) is 6.76. The summed E-state index contributed by atoms with van der Waals surface area (Å²) >= 11 is 0. The molecule has 0 heterocycles. The summed E-state index contributed by atoms with van der Waals surface area (Å²) in [5.74, 6) is -0.249. The number of nitriles is 1. The van der Waals surface area contributed by atoms with Crippen molar-refractivity contribution in [3.8, 4) is 6.07 Å². The molecule has 0 aliphatic heterocycles. The maximum Gasteiger partial charge on any atom is 0.247 e. The third kappa shape index (κ3) is 4.34. The minimum absolute atomic E-state index is 0.0121. The van der Waals surface area contributed by atoms with E-state index in [-0.39, 0.29) is 12.5 Å². The first-order valence-corrected chi connectivity index (χ1v) is 3.42. The summed E-state index contributed by atoms with van der Waals surface area (Å²) in [5.41, 5.74) is 0. The molecule has 1 amide bonds. The van der Waals surface area contributed by atoms with E-state index in [0.29, 0.717) is 6.42 Å². The van der Waals surface area contributed by atoms with Crippen LogP contribution in [-0.4, -0.2) is 25.7 Å². The van der Waals surface area contributed by atoms with Crippen LogP contribution in [0.25, 0.3) is 0 Å². The van der Waals surface area contributed by atoms with Gasteiger partial charge in [0.1, 0.15) is 12.6 Å². The molecule has 0 aliphatic rings. The fourth-order valence-corrected chi connectivity index (χ4v) is 0.593. The molecule has 0 rings (SSSR count). The Kier molecular flexibility index (Phi) is 5.13. The fraction of sp³-hybridized carbons (Fsp3) is 0.714. The number of hydrogen-bond donors (Lipinski definition) is 1. The summed E-state index contributed by atoms with van der Waals surface area (Å²) in [7, 11) is 1.44. The minimum atomic E-state index is -0.391. The first-order chi connectivity index (χ1) is 5.24. The Morgan fingerprint density at radius 3 is 2.82 bits per heavy atom. The summed E-state index contributed by atoms with van der Waals surface area (Å²) in [5, 5.41) is 10.9. The van der Waals surface area contributed by atoms with E-state index >= 15 is 0 Å². The molecule has 0 fully saturated rings. The molecule has 62 valence electrons. The Hall–Kier alpha value is -1.08. The van der Waals surface area contributed by atoms with E-state index in [4.69, 9.17) is 5.26 Å². The van der Waals surface area contributed by atoms with Crippen molar-refractivity contribution in [3.05, 3.63) is 0 Å². The zero-order chi connectivity index (χ0) is 8.69. The summed E-state index contributed by atoms with van der Waals surface area (Å²) in [6.45, 7) is 1.85. The van der Waals surface area contributed by atoms with Gasteiger partial charge in [0.15, 0.2) is 0 Å². The molecule has 0 aromatic carbocycles. The van der Waals surface area contributed by atoms with E-state index in [9.17, 15) is 4.79 Å². The molecule has 1 unspecified atom stereocenters. The second kappa shape index (κ2) is 5.69. The number of hydrogen-bond acceptors (Lipinski definition) is 3. The van der Waals surface area contributed by atoms with Crippen molar-refractivity contribution < 1.29 is 9.53 Å². The van der Waals surface area contributed by atoms with Crippen LogP contribution in [0, 0.1) is 11.3 Å². The molecular weight excluding hydrogens is 144 g/mol. The first-order valence-electron chi connectivity index (χ1n) is 3.42. The molecule has 0 spiro atoms.